The summed E-state index contributed by atoms with van der Waals surface area (Å²) >= 11 is 0. The molecule has 3 aliphatic rings. The Balaban J connectivity index is 1.28. The summed E-state index contributed by atoms with van der Waals surface area (Å²) in [4.78, 5) is 34.6. The largest absolute Gasteiger partial charge is 0.359 e. The third kappa shape index (κ3) is 4.80. The number of likely N-dealkylation sites (tertiary alicyclic amines) is 2. The Morgan fingerprint density at radius 1 is 1.03 bits per heavy atom. The number of H-pyrrole nitrogens is 1. The number of benzene rings is 2. The van der Waals surface area contributed by atoms with Gasteiger partial charge in [0.25, 0.3) is 5.91 Å². The summed E-state index contributed by atoms with van der Waals surface area (Å²) in [5.74, 6) is -0.381. The van der Waals surface area contributed by atoms with E-state index in [1.165, 1.54) is 18.9 Å². The molecule has 0 radical (unpaired) electrons. The van der Waals surface area contributed by atoms with Crippen LogP contribution in [0.25, 0.3) is 22.8 Å². The molecule has 39 heavy (non-hydrogen) atoms. The van der Waals surface area contributed by atoms with Gasteiger partial charge in [-0.2, -0.15) is 0 Å². The van der Waals surface area contributed by atoms with Gasteiger partial charge in [0.2, 0.25) is 5.91 Å². The molecule has 2 amide bonds. The van der Waals surface area contributed by atoms with Crippen molar-refractivity contribution in [1.82, 2.24) is 14.8 Å². The van der Waals surface area contributed by atoms with Crippen LogP contribution in [0.15, 0.2) is 42.5 Å². The third-order valence-corrected chi connectivity index (χ3v) is 8.60. The molecule has 0 aliphatic carbocycles. The lowest BCUT2D eigenvalue weighted by molar-refractivity contribution is -0.131. The highest BCUT2D eigenvalue weighted by molar-refractivity contribution is 6.36. The van der Waals surface area contributed by atoms with E-state index in [4.69, 9.17) is 0 Å². The van der Waals surface area contributed by atoms with Crippen molar-refractivity contribution >= 4 is 29.2 Å². The number of aromatic nitrogens is 1. The fourth-order valence-electron chi connectivity index (χ4n) is 6.53. The van der Waals surface area contributed by atoms with Crippen molar-refractivity contribution < 1.29 is 14.0 Å². The van der Waals surface area contributed by atoms with Crippen LogP contribution in [-0.4, -0.2) is 58.8 Å². The molecule has 2 fully saturated rings. The molecule has 3 aromatic rings. The van der Waals surface area contributed by atoms with Crippen LogP contribution in [0.1, 0.15) is 53.8 Å². The zero-order chi connectivity index (χ0) is 27.1. The second-order valence-electron chi connectivity index (χ2n) is 11.1. The van der Waals surface area contributed by atoms with Crippen LogP contribution in [0.4, 0.5) is 10.1 Å². The van der Waals surface area contributed by atoms with Crippen molar-refractivity contribution in [2.45, 2.75) is 52.0 Å². The van der Waals surface area contributed by atoms with Crippen LogP contribution in [0, 0.1) is 19.7 Å². The van der Waals surface area contributed by atoms with Gasteiger partial charge in [0.05, 0.1) is 12.0 Å². The number of nitrogens with zero attached hydrogens (tertiary/aromatic N) is 2. The average Bonchev–Trinajstić information content (AvgIpc) is 3.71. The highest BCUT2D eigenvalue weighted by Gasteiger charge is 2.32. The Hall–Kier alpha value is -3.71. The number of carbonyl (C=O) groups is 2. The van der Waals surface area contributed by atoms with Gasteiger partial charge in [0.1, 0.15) is 5.82 Å². The number of hydrogen-bond acceptors (Lipinski definition) is 3. The minimum Gasteiger partial charge on any atom is -0.359 e. The maximum atomic E-state index is 14.7. The van der Waals surface area contributed by atoms with E-state index in [9.17, 15) is 14.0 Å². The first-order valence-corrected chi connectivity index (χ1v) is 14.0. The number of anilines is 1. The van der Waals surface area contributed by atoms with Gasteiger partial charge in [-0.3, -0.25) is 9.59 Å². The summed E-state index contributed by atoms with van der Waals surface area (Å²) in [5, 5.41) is 2.93. The molecule has 0 unspecified atom stereocenters. The lowest BCUT2D eigenvalue weighted by atomic mass is 9.93. The van der Waals surface area contributed by atoms with Gasteiger partial charge < -0.3 is 20.1 Å². The predicted molar refractivity (Wildman–Crippen MR) is 153 cm³/mol. The van der Waals surface area contributed by atoms with Gasteiger partial charge in [-0.05, 0) is 87.5 Å². The Morgan fingerprint density at radius 3 is 2.59 bits per heavy atom. The topological polar surface area (TPSA) is 68.4 Å². The zero-order valence-electron chi connectivity index (χ0n) is 22.6. The summed E-state index contributed by atoms with van der Waals surface area (Å²) in [6.07, 6.45) is 6.83. The van der Waals surface area contributed by atoms with Crippen molar-refractivity contribution in [3.8, 4) is 11.1 Å². The molecule has 6 rings (SSSR count). The number of hydrogen-bond donors (Lipinski definition) is 2. The molecule has 0 bridgehead atoms. The maximum Gasteiger partial charge on any atom is 0.256 e. The highest BCUT2D eigenvalue weighted by atomic mass is 19.1. The number of carbonyl (C=O) groups excluding carboxylic acids is 2. The first-order chi connectivity index (χ1) is 18.9. The summed E-state index contributed by atoms with van der Waals surface area (Å²) in [6.45, 7) is 8.07. The number of nitrogens with one attached hydrogen (secondary N) is 2. The van der Waals surface area contributed by atoms with Crippen molar-refractivity contribution in [3.05, 3.63) is 76.4 Å². The molecule has 2 saturated heterocycles. The van der Waals surface area contributed by atoms with E-state index in [2.05, 4.69) is 20.1 Å². The minimum absolute atomic E-state index is 0.173. The number of halogens is 1. The normalized spacial score (nSPS) is 20.2. The van der Waals surface area contributed by atoms with Crippen molar-refractivity contribution in [2.24, 2.45) is 0 Å². The van der Waals surface area contributed by atoms with Crippen molar-refractivity contribution in [2.75, 3.05) is 31.5 Å². The molecule has 3 aliphatic heterocycles. The zero-order valence-corrected chi connectivity index (χ0v) is 22.6. The van der Waals surface area contributed by atoms with Crippen molar-refractivity contribution in [3.63, 3.8) is 0 Å². The lowest BCUT2D eigenvalue weighted by Gasteiger charge is -2.28. The molecule has 7 heteroatoms. The predicted octanol–water partition coefficient (Wildman–Crippen LogP) is 5.56. The van der Waals surface area contributed by atoms with Crippen LogP contribution in [0.5, 0.6) is 0 Å². The van der Waals surface area contributed by atoms with Gasteiger partial charge in [0, 0.05) is 47.3 Å². The van der Waals surface area contributed by atoms with E-state index in [0.29, 0.717) is 40.4 Å². The van der Waals surface area contributed by atoms with Crippen LogP contribution in [0.3, 0.4) is 0 Å². The summed E-state index contributed by atoms with van der Waals surface area (Å²) < 4.78 is 14.7. The number of aromatic amines is 1. The minimum atomic E-state index is -0.331. The Labute approximate surface area is 228 Å². The van der Waals surface area contributed by atoms with E-state index >= 15 is 0 Å². The monoisotopic (exact) mass is 526 g/mol. The van der Waals surface area contributed by atoms with Crippen molar-refractivity contribution in [1.29, 1.82) is 0 Å². The Bertz CT molecular complexity index is 1470. The smallest absolute Gasteiger partial charge is 0.256 e. The van der Waals surface area contributed by atoms with Gasteiger partial charge in [-0.15, -0.1) is 0 Å². The van der Waals surface area contributed by atoms with Crippen LogP contribution < -0.4 is 5.32 Å². The number of fused-ring (bicyclic) bond motifs is 1. The van der Waals surface area contributed by atoms with E-state index in [-0.39, 0.29) is 17.6 Å². The third-order valence-electron chi connectivity index (χ3n) is 8.60. The summed E-state index contributed by atoms with van der Waals surface area (Å²) in [6, 6.07) is 12.4. The lowest BCUT2D eigenvalue weighted by Crippen LogP contribution is -2.43. The average molecular weight is 527 g/mol. The van der Waals surface area contributed by atoms with Crippen LogP contribution in [-0.2, 0) is 16.0 Å². The Kier molecular flexibility index (Phi) is 6.85. The van der Waals surface area contributed by atoms with E-state index in [1.54, 1.807) is 18.2 Å². The molecular weight excluding hydrogens is 491 g/mol. The van der Waals surface area contributed by atoms with Crippen LogP contribution in [0.2, 0.25) is 0 Å². The van der Waals surface area contributed by atoms with E-state index in [0.717, 1.165) is 61.5 Å². The second kappa shape index (κ2) is 10.5. The quantitative estimate of drug-likeness (QED) is 0.413. The van der Waals surface area contributed by atoms with Crippen LogP contribution >= 0.6 is 0 Å². The summed E-state index contributed by atoms with van der Waals surface area (Å²) in [7, 11) is 0. The molecule has 0 saturated carbocycles. The fourth-order valence-corrected chi connectivity index (χ4v) is 6.53. The van der Waals surface area contributed by atoms with Gasteiger partial charge in [-0.1, -0.05) is 30.3 Å². The molecule has 2 aromatic carbocycles. The molecular formula is C32H35FN4O2. The maximum absolute atomic E-state index is 14.7. The molecule has 1 aromatic heterocycles. The number of amides is 2. The first-order valence-electron chi connectivity index (χ1n) is 14.0. The number of rotatable bonds is 6. The first kappa shape index (κ1) is 25.6. The molecule has 6 nitrogen and oxygen atoms in total. The van der Waals surface area contributed by atoms with E-state index in [1.807, 2.05) is 38.1 Å². The second-order valence-corrected chi connectivity index (χ2v) is 11.1. The molecule has 4 heterocycles. The molecule has 2 N–H and O–H groups in total. The SMILES string of the molecule is Cc1[nH]c(C=C2C(=O)Nc3cccc(-c4ccccc4F)c32)c(C)c1CC(=O)N1CCC[C@H]1CN1CCCC1. The van der Waals surface area contributed by atoms with Gasteiger partial charge in [-0.25, -0.2) is 4.39 Å². The summed E-state index contributed by atoms with van der Waals surface area (Å²) in [5.41, 5.74) is 6.65. The molecule has 0 spiro atoms. The standard InChI is InChI=1S/C32H35FN4O2/c1-20-25(18-30(38)37-16-8-9-22(37)19-36-14-5-6-15-36)21(2)34-29(20)17-26-31-24(23-10-3-4-12-27(23)33)11-7-13-28(31)35-32(26)39/h3-4,7,10-13,17,22,34H,5-6,8-9,14-16,18-19H2,1-2H3,(H,35,39)/t22-/m0/s1. The van der Waals surface area contributed by atoms with Gasteiger partial charge >= 0.3 is 0 Å². The Morgan fingerprint density at radius 2 is 1.79 bits per heavy atom. The fraction of sp³-hybridized carbons (Fsp3) is 0.375. The molecule has 202 valence electrons. The molecule has 1 atom stereocenters. The number of aryl methyl sites for hydroxylation is 1. The highest BCUT2D eigenvalue weighted by Crippen LogP contribution is 2.41. The van der Waals surface area contributed by atoms with Gasteiger partial charge in [0.15, 0.2) is 0 Å². The van der Waals surface area contributed by atoms with E-state index < -0.39 is 0 Å².